The van der Waals surface area contributed by atoms with Crippen molar-refractivity contribution in [1.82, 2.24) is 0 Å². The summed E-state index contributed by atoms with van der Waals surface area (Å²) in [5.74, 6) is 0.982. The van der Waals surface area contributed by atoms with Crippen LogP contribution >= 0.6 is 0 Å². The fourth-order valence-corrected chi connectivity index (χ4v) is 4.36. The quantitative estimate of drug-likeness (QED) is 0.289. The highest BCUT2D eigenvalue weighted by molar-refractivity contribution is 5.88. The van der Waals surface area contributed by atoms with Gasteiger partial charge in [0.25, 0.3) is 0 Å². The molecule has 174 valence electrons. The van der Waals surface area contributed by atoms with E-state index in [-0.39, 0.29) is 17.2 Å². The van der Waals surface area contributed by atoms with Gasteiger partial charge in [0.15, 0.2) is 17.2 Å². The number of hydrogen-bond acceptors (Lipinski definition) is 5. The Morgan fingerprint density at radius 3 is 1.68 bits per heavy atom. The topological polar surface area (TPSA) is 73.2 Å². The molecule has 0 saturated heterocycles. The van der Waals surface area contributed by atoms with Gasteiger partial charge in [-0.3, -0.25) is 4.90 Å². The van der Waals surface area contributed by atoms with Crippen LogP contribution in [0.4, 0.5) is 17.1 Å². The van der Waals surface area contributed by atoms with E-state index in [1.807, 2.05) is 75.9 Å². The fourth-order valence-electron chi connectivity index (χ4n) is 4.36. The van der Waals surface area contributed by atoms with E-state index in [0.717, 1.165) is 27.8 Å². The summed E-state index contributed by atoms with van der Waals surface area (Å²) < 4.78 is 6.20. The molecule has 0 aliphatic heterocycles. The predicted molar refractivity (Wildman–Crippen MR) is 136 cm³/mol. The summed E-state index contributed by atoms with van der Waals surface area (Å²) in [6.45, 7) is 9.61. The average Bonchev–Trinajstić information content (AvgIpc) is 2.74. The van der Waals surface area contributed by atoms with Crippen molar-refractivity contribution in [2.45, 2.75) is 34.6 Å². The van der Waals surface area contributed by atoms with Crippen molar-refractivity contribution in [3.05, 3.63) is 94.5 Å². The summed E-state index contributed by atoms with van der Waals surface area (Å²) in [6, 6.07) is 19.9. The molecule has 0 atom stereocenters. The molecule has 0 saturated carbocycles. The van der Waals surface area contributed by atoms with Gasteiger partial charge in [0.1, 0.15) is 11.5 Å². The van der Waals surface area contributed by atoms with Crippen LogP contribution in [0.25, 0.3) is 0 Å². The summed E-state index contributed by atoms with van der Waals surface area (Å²) in [7, 11) is 0. The predicted octanol–water partition coefficient (Wildman–Crippen LogP) is 7.61. The molecule has 4 rings (SSSR count). The second-order valence-electron chi connectivity index (χ2n) is 8.78. The Hall–Kier alpha value is -4.12. The van der Waals surface area contributed by atoms with Crippen molar-refractivity contribution in [3.8, 4) is 28.7 Å². The number of phenols is 3. The molecule has 0 unspecified atom stereocenters. The highest BCUT2D eigenvalue weighted by atomic mass is 16.5. The van der Waals surface area contributed by atoms with E-state index < -0.39 is 0 Å². The van der Waals surface area contributed by atoms with Crippen molar-refractivity contribution in [2.75, 3.05) is 4.90 Å². The molecule has 0 bridgehead atoms. The van der Waals surface area contributed by atoms with Crippen molar-refractivity contribution >= 4 is 17.1 Å². The van der Waals surface area contributed by atoms with Gasteiger partial charge in [-0.25, -0.2) is 0 Å². The van der Waals surface area contributed by atoms with E-state index in [0.29, 0.717) is 28.6 Å². The molecule has 34 heavy (non-hydrogen) atoms. The van der Waals surface area contributed by atoms with Gasteiger partial charge in [0, 0.05) is 0 Å². The van der Waals surface area contributed by atoms with Crippen molar-refractivity contribution in [2.24, 2.45) is 0 Å². The molecule has 0 aliphatic rings. The van der Waals surface area contributed by atoms with Gasteiger partial charge in [-0.15, -0.1) is 0 Å². The lowest BCUT2D eigenvalue weighted by atomic mass is 10.0. The smallest absolute Gasteiger partial charge is 0.169 e. The maximum Gasteiger partial charge on any atom is 0.169 e. The molecule has 5 nitrogen and oxygen atoms in total. The minimum atomic E-state index is 0.0238. The lowest BCUT2D eigenvalue weighted by Crippen LogP contribution is -2.14. The summed E-state index contributed by atoms with van der Waals surface area (Å²) in [5, 5.41) is 32.5. The maximum atomic E-state index is 11.1. The Labute approximate surface area is 200 Å². The number of aromatic hydroxyl groups is 3. The molecule has 3 N–H and O–H groups in total. The first-order valence-corrected chi connectivity index (χ1v) is 11.1. The third kappa shape index (κ3) is 4.37. The number of hydrogen-bond donors (Lipinski definition) is 3. The molecule has 0 aromatic heterocycles. The number of nitrogens with zero attached hydrogens (tertiary/aromatic N) is 1. The Bertz CT molecular complexity index is 1270. The van der Waals surface area contributed by atoms with Gasteiger partial charge >= 0.3 is 0 Å². The SMILES string of the molecule is Cc1cc(C)c(N(c2ccccc2Oc2cc(C)ccc2O)c2c(C)cc(C)cc2O)c(O)c1. The number of benzene rings is 4. The van der Waals surface area contributed by atoms with Crippen LogP contribution in [0.1, 0.15) is 27.8 Å². The number of anilines is 3. The van der Waals surface area contributed by atoms with E-state index >= 15 is 0 Å². The first-order chi connectivity index (χ1) is 16.2. The van der Waals surface area contributed by atoms with Crippen LogP contribution < -0.4 is 9.64 Å². The third-order valence-corrected chi connectivity index (χ3v) is 5.74. The molecule has 4 aromatic rings. The van der Waals surface area contributed by atoms with Crippen LogP contribution in [0.2, 0.25) is 0 Å². The van der Waals surface area contributed by atoms with Crippen LogP contribution in [-0.2, 0) is 0 Å². The Kier molecular flexibility index (Phi) is 6.12. The molecule has 0 aliphatic carbocycles. The van der Waals surface area contributed by atoms with Gasteiger partial charge in [-0.05, 0) is 98.8 Å². The normalized spacial score (nSPS) is 10.9. The van der Waals surface area contributed by atoms with Crippen LogP contribution in [0, 0.1) is 34.6 Å². The van der Waals surface area contributed by atoms with Crippen molar-refractivity contribution in [1.29, 1.82) is 0 Å². The van der Waals surface area contributed by atoms with Crippen molar-refractivity contribution in [3.63, 3.8) is 0 Å². The monoisotopic (exact) mass is 455 g/mol. The molecule has 0 amide bonds. The van der Waals surface area contributed by atoms with Crippen LogP contribution in [-0.4, -0.2) is 15.3 Å². The zero-order valence-corrected chi connectivity index (χ0v) is 20.0. The first kappa shape index (κ1) is 23.1. The van der Waals surface area contributed by atoms with E-state index in [9.17, 15) is 15.3 Å². The van der Waals surface area contributed by atoms with Gasteiger partial charge in [0.05, 0.1) is 17.1 Å². The second-order valence-corrected chi connectivity index (χ2v) is 8.78. The van der Waals surface area contributed by atoms with Gasteiger partial charge < -0.3 is 20.1 Å². The molecule has 0 spiro atoms. The standard InChI is InChI=1S/C29H29NO4/c1-17-10-11-23(31)27(16-17)34-26-9-7-6-8-22(26)30(28-20(4)12-18(2)14-24(28)32)29-21(5)13-19(3)15-25(29)33/h6-16,31-33H,1-5H3. The Balaban J connectivity index is 2.00. The molecule has 4 aromatic carbocycles. The summed E-state index contributed by atoms with van der Waals surface area (Å²) in [6.07, 6.45) is 0. The van der Waals surface area contributed by atoms with Crippen LogP contribution in [0.3, 0.4) is 0 Å². The Morgan fingerprint density at radius 2 is 1.12 bits per heavy atom. The number of aryl methyl sites for hydroxylation is 5. The number of rotatable bonds is 5. The molecular formula is C29H29NO4. The lowest BCUT2D eigenvalue weighted by Gasteiger charge is -2.31. The summed E-state index contributed by atoms with van der Waals surface area (Å²) >= 11 is 0. The van der Waals surface area contributed by atoms with Gasteiger partial charge in [0.2, 0.25) is 0 Å². The molecule has 0 fully saturated rings. The average molecular weight is 456 g/mol. The fraction of sp³-hybridized carbons (Fsp3) is 0.172. The molecular weight excluding hydrogens is 426 g/mol. The van der Waals surface area contributed by atoms with E-state index in [1.54, 1.807) is 30.3 Å². The van der Waals surface area contributed by atoms with Crippen molar-refractivity contribution < 1.29 is 20.1 Å². The summed E-state index contributed by atoms with van der Waals surface area (Å²) in [4.78, 5) is 1.82. The minimum absolute atomic E-state index is 0.0238. The second kappa shape index (κ2) is 9.02. The molecule has 0 heterocycles. The number of ether oxygens (including phenoxy) is 1. The van der Waals surface area contributed by atoms with E-state index in [1.165, 1.54) is 0 Å². The summed E-state index contributed by atoms with van der Waals surface area (Å²) in [5.41, 5.74) is 6.16. The largest absolute Gasteiger partial charge is 0.506 e. The molecule has 0 radical (unpaired) electrons. The van der Waals surface area contributed by atoms with Gasteiger partial charge in [-0.1, -0.05) is 30.3 Å². The first-order valence-electron chi connectivity index (χ1n) is 11.1. The van der Waals surface area contributed by atoms with Gasteiger partial charge in [-0.2, -0.15) is 0 Å². The lowest BCUT2D eigenvalue weighted by molar-refractivity contribution is 0.411. The minimum Gasteiger partial charge on any atom is -0.506 e. The Morgan fingerprint density at radius 1 is 0.559 bits per heavy atom. The maximum absolute atomic E-state index is 11.1. The highest BCUT2D eigenvalue weighted by Gasteiger charge is 2.26. The van der Waals surface area contributed by atoms with Crippen LogP contribution in [0.15, 0.2) is 66.7 Å². The number of phenolic OH excluding ortho intramolecular Hbond substituents is 3. The van der Waals surface area contributed by atoms with E-state index in [4.69, 9.17) is 4.74 Å². The zero-order chi connectivity index (χ0) is 24.6. The number of para-hydroxylation sites is 2. The highest BCUT2D eigenvalue weighted by Crippen LogP contribution is 2.50. The molecule has 5 heteroatoms. The third-order valence-electron chi connectivity index (χ3n) is 5.74. The van der Waals surface area contributed by atoms with E-state index in [2.05, 4.69) is 0 Å². The zero-order valence-electron chi connectivity index (χ0n) is 20.0. The van der Waals surface area contributed by atoms with Crippen LogP contribution in [0.5, 0.6) is 28.7 Å².